The average Bonchev–Trinajstić information content (AvgIpc) is 2.26. The molecule has 0 aliphatic heterocycles. The molecule has 0 bridgehead atoms. The van der Waals surface area contributed by atoms with Gasteiger partial charge in [-0.1, -0.05) is 11.6 Å². The molecule has 4 heteroatoms. The summed E-state index contributed by atoms with van der Waals surface area (Å²) >= 11 is 5.59. The van der Waals surface area contributed by atoms with Crippen molar-refractivity contribution in [2.24, 2.45) is 0 Å². The highest BCUT2D eigenvalue weighted by atomic mass is 35.5. The molecule has 0 atom stereocenters. The number of benzene rings is 1. The highest BCUT2D eigenvalue weighted by Gasteiger charge is 2.07. The minimum absolute atomic E-state index is 0.122. The first-order valence-corrected chi connectivity index (χ1v) is 6.59. The van der Waals surface area contributed by atoms with E-state index in [1.54, 1.807) is 6.07 Å². The van der Waals surface area contributed by atoms with E-state index in [2.05, 4.69) is 26.1 Å². The lowest BCUT2D eigenvalue weighted by molar-refractivity contribution is 0.300. The molecule has 1 aromatic rings. The fourth-order valence-electron chi connectivity index (χ4n) is 1.45. The molecule has 1 N–H and O–H groups in total. The molecule has 1 rings (SSSR count). The Balaban J connectivity index is 2.16. The summed E-state index contributed by atoms with van der Waals surface area (Å²) < 4.78 is 18.6. The summed E-state index contributed by atoms with van der Waals surface area (Å²) in [5, 5.41) is 3.53. The molecule has 0 heterocycles. The van der Waals surface area contributed by atoms with Gasteiger partial charge in [0.25, 0.3) is 0 Å². The van der Waals surface area contributed by atoms with Crippen LogP contribution in [0.25, 0.3) is 0 Å². The lowest BCUT2D eigenvalue weighted by Crippen LogP contribution is -2.36. The molecule has 0 fully saturated rings. The first-order valence-electron chi connectivity index (χ1n) is 6.21. The van der Waals surface area contributed by atoms with E-state index in [1.165, 1.54) is 12.1 Å². The summed E-state index contributed by atoms with van der Waals surface area (Å²) in [7, 11) is 0. The molecular weight excluding hydrogens is 253 g/mol. The predicted octanol–water partition coefficient (Wildman–Crippen LogP) is 4.03. The number of hydrogen-bond donors (Lipinski definition) is 1. The third-order valence-corrected chi connectivity index (χ3v) is 2.69. The van der Waals surface area contributed by atoms with Gasteiger partial charge < -0.3 is 10.1 Å². The lowest BCUT2D eigenvalue weighted by Gasteiger charge is -2.20. The van der Waals surface area contributed by atoms with Crippen molar-refractivity contribution in [2.45, 2.75) is 39.2 Å². The van der Waals surface area contributed by atoms with Crippen molar-refractivity contribution < 1.29 is 9.13 Å². The van der Waals surface area contributed by atoms with Gasteiger partial charge >= 0.3 is 0 Å². The van der Waals surface area contributed by atoms with Crippen LogP contribution in [0.2, 0.25) is 5.02 Å². The maximum Gasteiger partial charge on any atom is 0.145 e. The van der Waals surface area contributed by atoms with E-state index < -0.39 is 5.82 Å². The minimum atomic E-state index is -0.441. The van der Waals surface area contributed by atoms with Gasteiger partial charge in [-0.15, -0.1) is 0 Å². The maximum absolute atomic E-state index is 13.1. The standard InChI is InChI=1S/C14H21ClFNO/c1-14(2,3)17-8-4-5-9-18-11-6-7-12(15)13(16)10-11/h6-7,10,17H,4-5,8-9H2,1-3H3. The van der Waals surface area contributed by atoms with Crippen LogP contribution in [0.1, 0.15) is 33.6 Å². The van der Waals surface area contributed by atoms with Crippen LogP contribution >= 0.6 is 11.6 Å². The van der Waals surface area contributed by atoms with Gasteiger partial charge in [-0.3, -0.25) is 0 Å². The maximum atomic E-state index is 13.1. The van der Waals surface area contributed by atoms with E-state index in [1.807, 2.05) is 0 Å². The second-order valence-electron chi connectivity index (χ2n) is 5.31. The summed E-state index contributed by atoms with van der Waals surface area (Å²) in [6.45, 7) is 7.97. The highest BCUT2D eigenvalue weighted by Crippen LogP contribution is 2.20. The molecule has 0 aromatic heterocycles. The molecule has 102 valence electrons. The molecule has 0 radical (unpaired) electrons. The van der Waals surface area contributed by atoms with Gasteiger partial charge in [0.2, 0.25) is 0 Å². The monoisotopic (exact) mass is 273 g/mol. The Bertz CT molecular complexity index is 377. The van der Waals surface area contributed by atoms with E-state index in [0.717, 1.165) is 19.4 Å². The molecule has 0 amide bonds. The number of nitrogens with one attached hydrogen (secondary N) is 1. The quantitative estimate of drug-likeness (QED) is 0.790. The van der Waals surface area contributed by atoms with Gasteiger partial charge in [0.05, 0.1) is 11.6 Å². The molecule has 0 aliphatic rings. The molecule has 0 aliphatic carbocycles. The Hall–Kier alpha value is -0.800. The molecule has 1 aromatic carbocycles. The topological polar surface area (TPSA) is 21.3 Å². The summed E-state index contributed by atoms with van der Waals surface area (Å²) in [6, 6.07) is 4.50. The molecule has 0 unspecified atom stereocenters. The predicted molar refractivity (Wildman–Crippen MR) is 73.9 cm³/mol. The fraction of sp³-hybridized carbons (Fsp3) is 0.571. The van der Waals surface area contributed by atoms with Gasteiger partial charge in [-0.05, 0) is 52.3 Å². The van der Waals surface area contributed by atoms with Gasteiger partial charge in [0.15, 0.2) is 0 Å². The van der Waals surface area contributed by atoms with E-state index in [0.29, 0.717) is 12.4 Å². The number of rotatable bonds is 6. The van der Waals surface area contributed by atoms with Crippen molar-refractivity contribution >= 4 is 11.6 Å². The zero-order chi connectivity index (χ0) is 13.6. The Morgan fingerprint density at radius 1 is 1.28 bits per heavy atom. The smallest absolute Gasteiger partial charge is 0.145 e. The van der Waals surface area contributed by atoms with Gasteiger partial charge in [-0.2, -0.15) is 0 Å². The van der Waals surface area contributed by atoms with Crippen molar-refractivity contribution in [1.82, 2.24) is 5.32 Å². The van der Waals surface area contributed by atoms with Crippen LogP contribution in [0.4, 0.5) is 4.39 Å². The Kier molecular flexibility index (Phi) is 5.89. The largest absolute Gasteiger partial charge is 0.493 e. The van der Waals surface area contributed by atoms with Crippen LogP contribution in [0.5, 0.6) is 5.75 Å². The SMILES string of the molecule is CC(C)(C)NCCCCOc1ccc(Cl)c(F)c1. The Morgan fingerprint density at radius 3 is 2.61 bits per heavy atom. The van der Waals surface area contributed by atoms with Crippen molar-refractivity contribution in [1.29, 1.82) is 0 Å². The minimum Gasteiger partial charge on any atom is -0.493 e. The zero-order valence-corrected chi connectivity index (χ0v) is 12.0. The molecular formula is C14H21ClFNO. The van der Waals surface area contributed by atoms with Crippen LogP contribution in [-0.4, -0.2) is 18.7 Å². The van der Waals surface area contributed by atoms with Gasteiger partial charge in [-0.25, -0.2) is 4.39 Å². The summed E-state index contributed by atoms with van der Waals surface area (Å²) in [4.78, 5) is 0. The van der Waals surface area contributed by atoms with Crippen molar-refractivity contribution in [3.8, 4) is 5.75 Å². The van der Waals surface area contributed by atoms with Crippen LogP contribution in [-0.2, 0) is 0 Å². The summed E-state index contributed by atoms with van der Waals surface area (Å²) in [6.07, 6.45) is 1.97. The van der Waals surface area contributed by atoms with Crippen LogP contribution < -0.4 is 10.1 Å². The average molecular weight is 274 g/mol. The Morgan fingerprint density at radius 2 is 2.00 bits per heavy atom. The van der Waals surface area contributed by atoms with E-state index in [4.69, 9.17) is 16.3 Å². The van der Waals surface area contributed by atoms with Crippen LogP contribution in [0, 0.1) is 5.82 Å². The first kappa shape index (κ1) is 15.3. The number of unbranched alkanes of at least 4 members (excludes halogenated alkanes) is 1. The van der Waals surface area contributed by atoms with Crippen LogP contribution in [0.3, 0.4) is 0 Å². The number of hydrogen-bond acceptors (Lipinski definition) is 2. The Labute approximate surface area is 113 Å². The molecule has 18 heavy (non-hydrogen) atoms. The molecule has 2 nitrogen and oxygen atoms in total. The van der Waals surface area contributed by atoms with Gasteiger partial charge in [0.1, 0.15) is 11.6 Å². The van der Waals surface area contributed by atoms with Gasteiger partial charge in [0, 0.05) is 11.6 Å². The van der Waals surface area contributed by atoms with E-state index >= 15 is 0 Å². The molecule has 0 saturated carbocycles. The van der Waals surface area contributed by atoms with Crippen molar-refractivity contribution in [2.75, 3.05) is 13.2 Å². The lowest BCUT2D eigenvalue weighted by atomic mass is 10.1. The number of ether oxygens (including phenoxy) is 1. The van der Waals surface area contributed by atoms with E-state index in [-0.39, 0.29) is 10.6 Å². The first-order chi connectivity index (χ1) is 8.38. The second kappa shape index (κ2) is 6.95. The highest BCUT2D eigenvalue weighted by molar-refractivity contribution is 6.30. The zero-order valence-electron chi connectivity index (χ0n) is 11.2. The van der Waals surface area contributed by atoms with Crippen molar-refractivity contribution in [3.05, 3.63) is 29.0 Å². The normalized spacial score (nSPS) is 11.6. The molecule has 0 saturated heterocycles. The second-order valence-corrected chi connectivity index (χ2v) is 5.72. The summed E-state index contributed by atoms with van der Waals surface area (Å²) in [5.74, 6) is 0.0873. The fourth-order valence-corrected chi connectivity index (χ4v) is 1.56. The molecule has 0 spiro atoms. The summed E-state index contributed by atoms with van der Waals surface area (Å²) in [5.41, 5.74) is 0.153. The third-order valence-electron chi connectivity index (χ3n) is 2.39. The number of halogens is 2. The van der Waals surface area contributed by atoms with E-state index in [9.17, 15) is 4.39 Å². The third kappa shape index (κ3) is 6.22. The van der Waals surface area contributed by atoms with Crippen molar-refractivity contribution in [3.63, 3.8) is 0 Å². The van der Waals surface area contributed by atoms with Crippen LogP contribution in [0.15, 0.2) is 18.2 Å².